The van der Waals surface area contributed by atoms with Gasteiger partial charge in [-0.3, -0.25) is 4.79 Å². The maximum Gasteiger partial charge on any atom is 0.319 e. The van der Waals surface area contributed by atoms with Crippen LogP contribution in [0, 0.1) is 5.92 Å². The Kier molecular flexibility index (Phi) is 6.36. The molecule has 110 valence electrons. The van der Waals surface area contributed by atoms with Gasteiger partial charge in [-0.1, -0.05) is 19.1 Å². The van der Waals surface area contributed by atoms with Crippen molar-refractivity contribution < 1.29 is 19.4 Å². The van der Waals surface area contributed by atoms with E-state index >= 15 is 0 Å². The molecule has 0 radical (unpaired) electrons. The first kappa shape index (κ1) is 15.8. The summed E-state index contributed by atoms with van der Waals surface area (Å²) in [4.78, 5) is 22.2. The number of carbonyl (C=O) groups excluding carboxylic acids is 1. The molecule has 6 heteroatoms. The van der Waals surface area contributed by atoms with Crippen molar-refractivity contribution in [1.29, 1.82) is 0 Å². The number of anilines is 1. The summed E-state index contributed by atoms with van der Waals surface area (Å²) in [7, 11) is 1.53. The van der Waals surface area contributed by atoms with Gasteiger partial charge < -0.3 is 20.5 Å². The third kappa shape index (κ3) is 5.60. The predicted molar refractivity (Wildman–Crippen MR) is 76.0 cm³/mol. The second-order valence-corrected chi connectivity index (χ2v) is 4.57. The van der Waals surface area contributed by atoms with E-state index in [1.165, 1.54) is 7.11 Å². The summed E-state index contributed by atoms with van der Waals surface area (Å²) in [5.74, 6) is -0.133. The van der Waals surface area contributed by atoms with Crippen molar-refractivity contribution in [2.75, 3.05) is 19.0 Å². The van der Waals surface area contributed by atoms with E-state index in [1.54, 1.807) is 18.2 Å². The number of rotatable bonds is 7. The summed E-state index contributed by atoms with van der Waals surface area (Å²) in [5.41, 5.74) is 0.589. The maximum absolute atomic E-state index is 11.7. The Hall–Kier alpha value is -2.24. The lowest BCUT2D eigenvalue weighted by molar-refractivity contribution is -0.137. The van der Waals surface area contributed by atoms with Crippen LogP contribution in [0.25, 0.3) is 0 Å². The number of urea groups is 1. The fraction of sp³-hybridized carbons (Fsp3) is 0.429. The number of carbonyl (C=O) groups is 2. The van der Waals surface area contributed by atoms with Crippen molar-refractivity contribution in [1.82, 2.24) is 5.32 Å². The zero-order valence-electron chi connectivity index (χ0n) is 11.7. The number of ether oxygens (including phenoxy) is 1. The van der Waals surface area contributed by atoms with Gasteiger partial charge in [0.2, 0.25) is 0 Å². The molecule has 0 saturated heterocycles. The quantitative estimate of drug-likeness (QED) is 0.715. The van der Waals surface area contributed by atoms with E-state index in [-0.39, 0.29) is 18.4 Å². The second kappa shape index (κ2) is 8.04. The van der Waals surface area contributed by atoms with Gasteiger partial charge in [0.1, 0.15) is 5.75 Å². The lowest BCUT2D eigenvalue weighted by Gasteiger charge is -2.13. The number of carboxylic acid groups (broad SMARTS) is 1. The summed E-state index contributed by atoms with van der Waals surface area (Å²) in [6, 6.07) is 6.78. The first-order valence-corrected chi connectivity index (χ1v) is 6.42. The van der Waals surface area contributed by atoms with Crippen molar-refractivity contribution in [2.24, 2.45) is 5.92 Å². The van der Waals surface area contributed by atoms with Gasteiger partial charge in [0.15, 0.2) is 0 Å². The van der Waals surface area contributed by atoms with Gasteiger partial charge in [0, 0.05) is 13.0 Å². The zero-order chi connectivity index (χ0) is 15.0. The highest BCUT2D eigenvalue weighted by Gasteiger charge is 2.09. The van der Waals surface area contributed by atoms with Crippen LogP contribution < -0.4 is 15.4 Å². The molecule has 0 aliphatic rings. The normalized spacial score (nSPS) is 11.5. The van der Waals surface area contributed by atoms with Crippen LogP contribution in [0.3, 0.4) is 0 Å². The smallest absolute Gasteiger partial charge is 0.319 e. The van der Waals surface area contributed by atoms with Crippen LogP contribution in [-0.2, 0) is 4.79 Å². The third-order valence-electron chi connectivity index (χ3n) is 2.82. The standard InChI is InChI=1S/C14H20N2O4/c1-10(7-8-13(17)18)9-15-14(19)16-11-5-3-4-6-12(11)20-2/h3-6,10H,7-9H2,1-2H3,(H,17,18)(H2,15,16,19). The molecule has 0 bridgehead atoms. The van der Waals surface area contributed by atoms with Crippen molar-refractivity contribution in [2.45, 2.75) is 19.8 Å². The van der Waals surface area contributed by atoms with Crippen molar-refractivity contribution in [3.63, 3.8) is 0 Å². The monoisotopic (exact) mass is 280 g/mol. The van der Waals surface area contributed by atoms with E-state index < -0.39 is 5.97 Å². The minimum absolute atomic E-state index is 0.106. The average Bonchev–Trinajstić information content (AvgIpc) is 2.43. The van der Waals surface area contributed by atoms with Crippen molar-refractivity contribution >= 4 is 17.7 Å². The van der Waals surface area contributed by atoms with E-state index in [9.17, 15) is 9.59 Å². The van der Waals surface area contributed by atoms with Crippen LogP contribution in [0.5, 0.6) is 5.75 Å². The molecule has 1 unspecified atom stereocenters. The molecule has 0 fully saturated rings. The van der Waals surface area contributed by atoms with Gasteiger partial charge >= 0.3 is 12.0 Å². The molecule has 0 aliphatic heterocycles. The molecule has 20 heavy (non-hydrogen) atoms. The number of carboxylic acids is 1. The fourth-order valence-electron chi connectivity index (χ4n) is 1.65. The highest BCUT2D eigenvalue weighted by Crippen LogP contribution is 2.22. The minimum Gasteiger partial charge on any atom is -0.495 e. The Bertz CT molecular complexity index is 462. The molecule has 0 saturated carbocycles. The number of methoxy groups -OCH3 is 1. The molecule has 1 atom stereocenters. The summed E-state index contributed by atoms with van der Waals surface area (Å²) in [6.45, 7) is 2.32. The SMILES string of the molecule is COc1ccccc1NC(=O)NCC(C)CCC(=O)O. The maximum atomic E-state index is 11.7. The molecule has 6 nitrogen and oxygen atoms in total. The summed E-state index contributed by atoms with van der Waals surface area (Å²) < 4.78 is 5.13. The van der Waals surface area contributed by atoms with Crippen LogP contribution in [-0.4, -0.2) is 30.8 Å². The molecule has 1 aromatic rings. The Balaban J connectivity index is 2.38. The molecule has 0 aliphatic carbocycles. The molecule has 0 heterocycles. The Morgan fingerprint density at radius 3 is 2.70 bits per heavy atom. The fourth-order valence-corrected chi connectivity index (χ4v) is 1.65. The van der Waals surface area contributed by atoms with E-state index in [0.717, 1.165) is 0 Å². The van der Waals surface area contributed by atoms with Gasteiger partial charge in [0.25, 0.3) is 0 Å². The lowest BCUT2D eigenvalue weighted by atomic mass is 10.1. The molecule has 3 N–H and O–H groups in total. The van der Waals surface area contributed by atoms with E-state index in [1.807, 2.05) is 13.0 Å². The number of nitrogens with one attached hydrogen (secondary N) is 2. The minimum atomic E-state index is -0.824. The molecular weight excluding hydrogens is 260 g/mol. The van der Waals surface area contributed by atoms with E-state index in [0.29, 0.717) is 24.4 Å². The highest BCUT2D eigenvalue weighted by atomic mass is 16.5. The molecule has 2 amide bonds. The number of hydrogen-bond acceptors (Lipinski definition) is 3. The molecule has 0 aromatic heterocycles. The predicted octanol–water partition coefficient (Wildman–Crippen LogP) is 2.32. The zero-order valence-corrected chi connectivity index (χ0v) is 11.7. The first-order valence-electron chi connectivity index (χ1n) is 6.42. The number of benzene rings is 1. The van der Waals surface area contributed by atoms with Crippen LogP contribution in [0.15, 0.2) is 24.3 Å². The second-order valence-electron chi connectivity index (χ2n) is 4.57. The van der Waals surface area contributed by atoms with E-state index in [4.69, 9.17) is 9.84 Å². The lowest BCUT2D eigenvalue weighted by Crippen LogP contribution is -2.32. The molecule has 1 rings (SSSR count). The van der Waals surface area contributed by atoms with Gasteiger partial charge in [0.05, 0.1) is 12.8 Å². The summed E-state index contributed by atoms with van der Waals surface area (Å²) in [6.07, 6.45) is 0.640. The van der Waals surface area contributed by atoms with Gasteiger partial charge in [-0.25, -0.2) is 4.79 Å². The largest absolute Gasteiger partial charge is 0.495 e. The molecule has 1 aromatic carbocycles. The Morgan fingerprint density at radius 2 is 2.05 bits per heavy atom. The van der Waals surface area contributed by atoms with Gasteiger partial charge in [-0.05, 0) is 24.5 Å². The number of amides is 2. The first-order chi connectivity index (χ1) is 9.52. The topological polar surface area (TPSA) is 87.7 Å². The van der Waals surface area contributed by atoms with Gasteiger partial charge in [-0.15, -0.1) is 0 Å². The van der Waals surface area contributed by atoms with Crippen LogP contribution in [0.1, 0.15) is 19.8 Å². The number of para-hydroxylation sites is 2. The summed E-state index contributed by atoms with van der Waals surface area (Å²) in [5, 5.41) is 14.0. The average molecular weight is 280 g/mol. The van der Waals surface area contributed by atoms with Crippen molar-refractivity contribution in [3.05, 3.63) is 24.3 Å². The third-order valence-corrected chi connectivity index (χ3v) is 2.82. The highest BCUT2D eigenvalue weighted by molar-refractivity contribution is 5.90. The Morgan fingerprint density at radius 1 is 1.35 bits per heavy atom. The molecular formula is C14H20N2O4. The summed E-state index contributed by atoms with van der Waals surface area (Å²) >= 11 is 0. The van der Waals surface area contributed by atoms with Crippen LogP contribution in [0.4, 0.5) is 10.5 Å². The van der Waals surface area contributed by atoms with Crippen LogP contribution >= 0.6 is 0 Å². The Labute approximate surface area is 118 Å². The van der Waals surface area contributed by atoms with Crippen molar-refractivity contribution in [3.8, 4) is 5.75 Å². The number of hydrogen-bond donors (Lipinski definition) is 3. The van der Waals surface area contributed by atoms with Crippen LogP contribution in [0.2, 0.25) is 0 Å². The van der Waals surface area contributed by atoms with Gasteiger partial charge in [-0.2, -0.15) is 0 Å². The van der Waals surface area contributed by atoms with E-state index in [2.05, 4.69) is 10.6 Å². The number of aliphatic carboxylic acids is 1. The molecule has 0 spiro atoms.